The lowest BCUT2D eigenvalue weighted by Gasteiger charge is -2.14. The maximum Gasteiger partial charge on any atom is 0.329 e. The lowest BCUT2D eigenvalue weighted by Crippen LogP contribution is -2.16. The zero-order chi connectivity index (χ0) is 15.0. The van der Waals surface area contributed by atoms with Crippen molar-refractivity contribution in [1.82, 2.24) is 9.97 Å². The average Bonchev–Trinajstić information content (AvgIpc) is 2.46. The summed E-state index contributed by atoms with van der Waals surface area (Å²) in [7, 11) is 0. The van der Waals surface area contributed by atoms with Gasteiger partial charge < -0.3 is 10.6 Å². The van der Waals surface area contributed by atoms with Gasteiger partial charge in [-0.3, -0.25) is 10.1 Å². The van der Waals surface area contributed by atoms with Crippen molar-refractivity contribution in [3.63, 3.8) is 0 Å². The first-order valence-electron chi connectivity index (χ1n) is 7.11. The fraction of sp³-hybridized carbons (Fsp3) is 0.692. The third-order valence-electron chi connectivity index (χ3n) is 3.21. The van der Waals surface area contributed by atoms with Gasteiger partial charge in [0.15, 0.2) is 0 Å². The van der Waals surface area contributed by atoms with Gasteiger partial charge in [0, 0.05) is 13.1 Å². The summed E-state index contributed by atoms with van der Waals surface area (Å²) in [6.45, 7) is 7.67. The third kappa shape index (κ3) is 4.64. The molecule has 7 nitrogen and oxygen atoms in total. The molecule has 0 saturated carbocycles. The van der Waals surface area contributed by atoms with Crippen molar-refractivity contribution in [1.29, 1.82) is 0 Å². The van der Waals surface area contributed by atoms with Crippen LogP contribution in [-0.2, 0) is 0 Å². The van der Waals surface area contributed by atoms with Crippen LogP contribution in [0.2, 0.25) is 0 Å². The van der Waals surface area contributed by atoms with Gasteiger partial charge in [-0.25, -0.2) is 4.98 Å². The predicted molar refractivity (Wildman–Crippen MR) is 80.0 cm³/mol. The molecular formula is C13H23N5O2. The largest absolute Gasteiger partial charge is 0.364 e. The van der Waals surface area contributed by atoms with Crippen molar-refractivity contribution in [3.05, 3.63) is 16.3 Å². The number of nitrogens with zero attached hydrogens (tertiary/aromatic N) is 3. The molecule has 0 saturated heterocycles. The van der Waals surface area contributed by atoms with E-state index in [-0.39, 0.29) is 11.5 Å². The molecular weight excluding hydrogens is 258 g/mol. The molecule has 1 aromatic heterocycles. The van der Waals surface area contributed by atoms with E-state index in [2.05, 4.69) is 34.4 Å². The van der Waals surface area contributed by atoms with Crippen LogP contribution < -0.4 is 10.6 Å². The minimum atomic E-state index is -0.459. The molecule has 112 valence electrons. The summed E-state index contributed by atoms with van der Waals surface area (Å²) in [6, 6.07) is 0. The van der Waals surface area contributed by atoms with Crippen LogP contribution in [-0.4, -0.2) is 28.0 Å². The summed E-state index contributed by atoms with van der Waals surface area (Å²) in [5.74, 6) is 1.19. The maximum absolute atomic E-state index is 11.0. The smallest absolute Gasteiger partial charge is 0.329 e. The zero-order valence-corrected chi connectivity index (χ0v) is 12.3. The Morgan fingerprint density at radius 2 is 2.00 bits per heavy atom. The van der Waals surface area contributed by atoms with Crippen LogP contribution in [0.3, 0.4) is 0 Å². The van der Waals surface area contributed by atoms with E-state index >= 15 is 0 Å². The SMILES string of the molecule is CCCNc1ncc([N+](=O)[O-])c(NCC(CC)CC)n1. The molecule has 7 heteroatoms. The number of hydrogen-bond acceptors (Lipinski definition) is 6. The highest BCUT2D eigenvalue weighted by molar-refractivity contribution is 5.56. The second kappa shape index (κ2) is 8.29. The Bertz CT molecular complexity index is 435. The van der Waals surface area contributed by atoms with Gasteiger partial charge in [-0.2, -0.15) is 4.98 Å². The summed E-state index contributed by atoms with van der Waals surface area (Å²) in [5, 5.41) is 17.1. The normalized spacial score (nSPS) is 10.6. The highest BCUT2D eigenvalue weighted by Crippen LogP contribution is 2.22. The second-order valence-electron chi connectivity index (χ2n) is 4.67. The average molecular weight is 281 g/mol. The number of anilines is 2. The Kier molecular flexibility index (Phi) is 6.69. The van der Waals surface area contributed by atoms with Crippen LogP contribution in [0, 0.1) is 16.0 Å². The molecule has 0 unspecified atom stereocenters. The number of rotatable bonds is 9. The molecule has 0 aliphatic heterocycles. The molecule has 1 aromatic rings. The number of hydrogen-bond donors (Lipinski definition) is 2. The van der Waals surface area contributed by atoms with E-state index in [0.717, 1.165) is 25.8 Å². The van der Waals surface area contributed by atoms with Gasteiger partial charge in [-0.05, 0) is 12.3 Å². The van der Waals surface area contributed by atoms with Crippen LogP contribution >= 0.6 is 0 Å². The summed E-state index contributed by atoms with van der Waals surface area (Å²) in [6.07, 6.45) is 4.25. The predicted octanol–water partition coefficient (Wildman–Crippen LogP) is 3.05. The molecule has 0 amide bonds. The van der Waals surface area contributed by atoms with Crippen LogP contribution in [0.15, 0.2) is 6.20 Å². The fourth-order valence-corrected chi connectivity index (χ4v) is 1.78. The van der Waals surface area contributed by atoms with Crippen LogP contribution in [0.1, 0.15) is 40.0 Å². The van der Waals surface area contributed by atoms with Gasteiger partial charge >= 0.3 is 5.69 Å². The van der Waals surface area contributed by atoms with E-state index in [9.17, 15) is 10.1 Å². The highest BCUT2D eigenvalue weighted by Gasteiger charge is 2.17. The van der Waals surface area contributed by atoms with E-state index in [1.165, 1.54) is 6.20 Å². The Labute approximate surface area is 119 Å². The summed E-state index contributed by atoms with van der Waals surface area (Å²) < 4.78 is 0. The molecule has 2 N–H and O–H groups in total. The highest BCUT2D eigenvalue weighted by atomic mass is 16.6. The fourth-order valence-electron chi connectivity index (χ4n) is 1.78. The van der Waals surface area contributed by atoms with Gasteiger partial charge in [0.05, 0.1) is 4.92 Å². The summed E-state index contributed by atoms with van der Waals surface area (Å²) in [4.78, 5) is 18.7. The third-order valence-corrected chi connectivity index (χ3v) is 3.21. The quantitative estimate of drug-likeness (QED) is 0.534. The Hall–Kier alpha value is -1.92. The van der Waals surface area contributed by atoms with Crippen LogP contribution in [0.5, 0.6) is 0 Å². The topological polar surface area (TPSA) is 93.0 Å². The van der Waals surface area contributed by atoms with Crippen molar-refractivity contribution in [2.75, 3.05) is 23.7 Å². The maximum atomic E-state index is 11.0. The van der Waals surface area contributed by atoms with Crippen LogP contribution in [0.25, 0.3) is 0 Å². The first-order valence-corrected chi connectivity index (χ1v) is 7.11. The van der Waals surface area contributed by atoms with Crippen molar-refractivity contribution in [3.8, 4) is 0 Å². The minimum Gasteiger partial charge on any atom is -0.364 e. The molecule has 0 bridgehead atoms. The van der Waals surface area contributed by atoms with E-state index in [1.807, 2.05) is 6.92 Å². The van der Waals surface area contributed by atoms with Gasteiger partial charge in [0.1, 0.15) is 6.20 Å². The minimum absolute atomic E-state index is 0.0852. The Morgan fingerprint density at radius 1 is 1.30 bits per heavy atom. The van der Waals surface area contributed by atoms with Crippen molar-refractivity contribution >= 4 is 17.5 Å². The molecule has 20 heavy (non-hydrogen) atoms. The molecule has 0 aliphatic rings. The van der Waals surface area contributed by atoms with Gasteiger partial charge in [0.25, 0.3) is 0 Å². The molecule has 0 spiro atoms. The van der Waals surface area contributed by atoms with E-state index in [0.29, 0.717) is 18.4 Å². The number of nitrogens with one attached hydrogen (secondary N) is 2. The van der Waals surface area contributed by atoms with Crippen molar-refractivity contribution in [2.45, 2.75) is 40.0 Å². The monoisotopic (exact) mass is 281 g/mol. The molecule has 0 atom stereocenters. The molecule has 1 heterocycles. The van der Waals surface area contributed by atoms with Crippen molar-refractivity contribution < 1.29 is 4.92 Å². The first kappa shape index (κ1) is 16.1. The first-order chi connectivity index (χ1) is 9.62. The summed E-state index contributed by atoms with van der Waals surface area (Å²) in [5.41, 5.74) is -0.0852. The zero-order valence-electron chi connectivity index (χ0n) is 12.3. The summed E-state index contributed by atoms with van der Waals surface area (Å²) >= 11 is 0. The Morgan fingerprint density at radius 3 is 2.55 bits per heavy atom. The number of nitro groups is 1. The Balaban J connectivity index is 2.85. The van der Waals surface area contributed by atoms with Gasteiger partial charge in [0.2, 0.25) is 11.8 Å². The van der Waals surface area contributed by atoms with Gasteiger partial charge in [-0.1, -0.05) is 33.6 Å². The van der Waals surface area contributed by atoms with Gasteiger partial charge in [-0.15, -0.1) is 0 Å². The lowest BCUT2D eigenvalue weighted by atomic mass is 10.0. The molecule has 0 aromatic carbocycles. The number of aromatic nitrogens is 2. The van der Waals surface area contributed by atoms with Crippen LogP contribution in [0.4, 0.5) is 17.5 Å². The molecule has 1 rings (SSSR count). The van der Waals surface area contributed by atoms with E-state index < -0.39 is 4.92 Å². The van der Waals surface area contributed by atoms with Crippen molar-refractivity contribution in [2.24, 2.45) is 5.92 Å². The molecule has 0 fully saturated rings. The van der Waals surface area contributed by atoms with E-state index in [1.54, 1.807) is 0 Å². The lowest BCUT2D eigenvalue weighted by molar-refractivity contribution is -0.384. The molecule has 0 aliphatic carbocycles. The standard InChI is InChI=1S/C13H23N5O2/c1-4-7-14-13-16-9-11(18(19)20)12(17-13)15-8-10(5-2)6-3/h9-10H,4-8H2,1-3H3,(H2,14,15,16,17). The van der Waals surface area contributed by atoms with E-state index in [4.69, 9.17) is 0 Å². The molecule has 0 radical (unpaired) electrons. The second-order valence-corrected chi connectivity index (χ2v) is 4.67.